The zero-order valence-electron chi connectivity index (χ0n) is 11.7. The average Bonchev–Trinajstić information content (AvgIpc) is 3.06. The summed E-state index contributed by atoms with van der Waals surface area (Å²) in [5, 5.41) is 5.49. The van der Waals surface area contributed by atoms with Crippen molar-refractivity contribution in [3.63, 3.8) is 0 Å². The molecule has 0 radical (unpaired) electrons. The van der Waals surface area contributed by atoms with Crippen molar-refractivity contribution < 1.29 is 4.79 Å². The highest BCUT2D eigenvalue weighted by Gasteiger charge is 2.24. The molecule has 1 aliphatic heterocycles. The molecule has 3 heterocycles. The van der Waals surface area contributed by atoms with Crippen LogP contribution in [0.25, 0.3) is 9.40 Å². The summed E-state index contributed by atoms with van der Waals surface area (Å²) in [7, 11) is 0. The van der Waals surface area contributed by atoms with Gasteiger partial charge in [-0.3, -0.25) is 4.79 Å². The maximum Gasteiger partial charge on any atom is 0.263 e. The number of nitrogens with one attached hydrogen (secondary N) is 1. The lowest BCUT2D eigenvalue weighted by atomic mass is 9.96. The van der Waals surface area contributed by atoms with Crippen molar-refractivity contribution in [2.24, 2.45) is 5.92 Å². The Labute approximate surface area is 127 Å². The van der Waals surface area contributed by atoms with Crippen LogP contribution < -0.4 is 5.32 Å². The molecule has 108 valence electrons. The Morgan fingerprint density at radius 3 is 2.90 bits per heavy atom. The third kappa shape index (κ3) is 2.90. The minimum absolute atomic E-state index is 0.223. The van der Waals surface area contributed by atoms with Crippen molar-refractivity contribution >= 4 is 38.0 Å². The van der Waals surface area contributed by atoms with Crippen molar-refractivity contribution in [3.05, 3.63) is 22.4 Å². The first-order valence-corrected chi connectivity index (χ1v) is 8.94. The predicted octanol–water partition coefficient (Wildman–Crippen LogP) is 3.42. The molecule has 5 heteroatoms. The standard InChI is InChI=1S/C15H20N2OS2/c1-2-16-10-11-3-6-17(7-4-11)15(18)14-9-13-12(20-14)5-8-19-13/h5,8-9,11,16H,2-4,6-7,10H2,1H3. The highest BCUT2D eigenvalue weighted by atomic mass is 32.1. The summed E-state index contributed by atoms with van der Waals surface area (Å²) in [6.07, 6.45) is 2.25. The first-order valence-electron chi connectivity index (χ1n) is 7.25. The second-order valence-corrected chi connectivity index (χ2v) is 7.33. The minimum atomic E-state index is 0.223. The number of carbonyl (C=O) groups is 1. The van der Waals surface area contributed by atoms with Gasteiger partial charge in [0.15, 0.2) is 0 Å². The quantitative estimate of drug-likeness (QED) is 0.938. The molecule has 0 saturated carbocycles. The van der Waals surface area contributed by atoms with Crippen LogP contribution in [0.2, 0.25) is 0 Å². The maximum atomic E-state index is 12.5. The number of rotatable bonds is 4. The fraction of sp³-hybridized carbons (Fsp3) is 0.533. The van der Waals surface area contributed by atoms with Gasteiger partial charge in [-0.1, -0.05) is 6.92 Å². The van der Waals surface area contributed by atoms with E-state index in [4.69, 9.17) is 0 Å². The van der Waals surface area contributed by atoms with Gasteiger partial charge in [0.1, 0.15) is 0 Å². The Balaban J connectivity index is 1.60. The molecular weight excluding hydrogens is 288 g/mol. The average molecular weight is 308 g/mol. The molecule has 1 fully saturated rings. The van der Waals surface area contributed by atoms with E-state index in [-0.39, 0.29) is 5.91 Å². The largest absolute Gasteiger partial charge is 0.338 e. The molecule has 0 unspecified atom stereocenters. The second kappa shape index (κ2) is 6.24. The smallest absolute Gasteiger partial charge is 0.263 e. The summed E-state index contributed by atoms with van der Waals surface area (Å²) in [4.78, 5) is 15.4. The molecule has 0 aromatic carbocycles. The Bertz CT molecular complexity index is 553. The van der Waals surface area contributed by atoms with Gasteiger partial charge in [-0.05, 0) is 49.4 Å². The summed E-state index contributed by atoms with van der Waals surface area (Å²) in [6.45, 7) is 6.07. The number of fused-ring (bicyclic) bond motifs is 1. The van der Waals surface area contributed by atoms with Gasteiger partial charge < -0.3 is 10.2 Å². The number of likely N-dealkylation sites (tertiary alicyclic amines) is 1. The third-order valence-electron chi connectivity index (χ3n) is 3.93. The van der Waals surface area contributed by atoms with E-state index in [1.807, 2.05) is 4.90 Å². The van der Waals surface area contributed by atoms with Gasteiger partial charge in [0.2, 0.25) is 0 Å². The van der Waals surface area contributed by atoms with Gasteiger partial charge in [-0.2, -0.15) is 0 Å². The van der Waals surface area contributed by atoms with Crippen LogP contribution in [0.5, 0.6) is 0 Å². The van der Waals surface area contributed by atoms with E-state index in [1.54, 1.807) is 22.7 Å². The lowest BCUT2D eigenvalue weighted by molar-refractivity contribution is 0.0695. The van der Waals surface area contributed by atoms with Gasteiger partial charge >= 0.3 is 0 Å². The van der Waals surface area contributed by atoms with E-state index in [1.165, 1.54) is 9.40 Å². The number of piperidine rings is 1. The van der Waals surface area contributed by atoms with Crippen LogP contribution in [0.1, 0.15) is 29.4 Å². The van der Waals surface area contributed by atoms with Crippen molar-refractivity contribution in [2.45, 2.75) is 19.8 Å². The second-order valence-electron chi connectivity index (χ2n) is 5.30. The Hall–Kier alpha value is -0.910. The number of nitrogens with zero attached hydrogens (tertiary/aromatic N) is 1. The molecule has 0 spiro atoms. The van der Waals surface area contributed by atoms with E-state index < -0.39 is 0 Å². The molecule has 0 atom stereocenters. The molecule has 1 amide bonds. The molecule has 0 aliphatic carbocycles. The Kier molecular flexibility index (Phi) is 4.38. The summed E-state index contributed by atoms with van der Waals surface area (Å²) in [5.74, 6) is 0.950. The molecule has 0 bridgehead atoms. The third-order valence-corrected chi connectivity index (χ3v) is 6.02. The SMILES string of the molecule is CCNCC1CCN(C(=O)c2cc3sccc3s2)CC1. The number of hydrogen-bond donors (Lipinski definition) is 1. The number of amides is 1. The van der Waals surface area contributed by atoms with Gasteiger partial charge in [0.05, 0.1) is 4.88 Å². The fourth-order valence-corrected chi connectivity index (χ4v) is 4.79. The minimum Gasteiger partial charge on any atom is -0.338 e. The molecule has 1 saturated heterocycles. The topological polar surface area (TPSA) is 32.3 Å². The van der Waals surface area contributed by atoms with Gasteiger partial charge in [0.25, 0.3) is 5.91 Å². The summed E-state index contributed by atoms with van der Waals surface area (Å²) in [6, 6.07) is 4.15. The number of hydrogen-bond acceptors (Lipinski definition) is 4. The lowest BCUT2D eigenvalue weighted by Crippen LogP contribution is -2.40. The van der Waals surface area contributed by atoms with E-state index in [2.05, 4.69) is 29.8 Å². The molecular formula is C15H20N2OS2. The number of thiophene rings is 2. The molecule has 2 aromatic rings. The van der Waals surface area contributed by atoms with Gasteiger partial charge in [0, 0.05) is 22.5 Å². The van der Waals surface area contributed by atoms with E-state index in [0.717, 1.165) is 49.8 Å². The first kappa shape index (κ1) is 14.0. The number of carbonyl (C=O) groups excluding carboxylic acids is 1. The molecule has 3 rings (SSSR count). The Morgan fingerprint density at radius 1 is 1.40 bits per heavy atom. The van der Waals surface area contributed by atoms with E-state index in [9.17, 15) is 4.79 Å². The van der Waals surface area contributed by atoms with Crippen LogP contribution in [-0.2, 0) is 0 Å². The Morgan fingerprint density at radius 2 is 2.20 bits per heavy atom. The molecule has 2 aromatic heterocycles. The van der Waals surface area contributed by atoms with Crippen molar-refractivity contribution in [1.82, 2.24) is 10.2 Å². The van der Waals surface area contributed by atoms with Crippen LogP contribution in [0, 0.1) is 5.92 Å². The zero-order valence-corrected chi connectivity index (χ0v) is 13.4. The van der Waals surface area contributed by atoms with Crippen LogP contribution in [0.15, 0.2) is 17.5 Å². The molecule has 1 N–H and O–H groups in total. The van der Waals surface area contributed by atoms with Crippen molar-refractivity contribution in [3.8, 4) is 0 Å². The summed E-state index contributed by atoms with van der Waals surface area (Å²) >= 11 is 3.34. The first-order chi connectivity index (χ1) is 9.78. The highest BCUT2D eigenvalue weighted by Crippen LogP contribution is 2.31. The molecule has 20 heavy (non-hydrogen) atoms. The van der Waals surface area contributed by atoms with Crippen LogP contribution in [-0.4, -0.2) is 37.0 Å². The van der Waals surface area contributed by atoms with Crippen LogP contribution in [0.4, 0.5) is 0 Å². The fourth-order valence-electron chi connectivity index (χ4n) is 2.72. The van der Waals surface area contributed by atoms with Crippen molar-refractivity contribution in [1.29, 1.82) is 0 Å². The summed E-state index contributed by atoms with van der Waals surface area (Å²) in [5.41, 5.74) is 0. The monoisotopic (exact) mass is 308 g/mol. The van der Waals surface area contributed by atoms with Gasteiger partial charge in [-0.25, -0.2) is 0 Å². The van der Waals surface area contributed by atoms with Crippen LogP contribution >= 0.6 is 22.7 Å². The highest BCUT2D eigenvalue weighted by molar-refractivity contribution is 7.27. The van der Waals surface area contributed by atoms with E-state index >= 15 is 0 Å². The van der Waals surface area contributed by atoms with Crippen LogP contribution in [0.3, 0.4) is 0 Å². The maximum absolute atomic E-state index is 12.5. The van der Waals surface area contributed by atoms with E-state index in [0.29, 0.717) is 0 Å². The predicted molar refractivity (Wildman–Crippen MR) is 86.9 cm³/mol. The summed E-state index contributed by atoms with van der Waals surface area (Å²) < 4.78 is 2.47. The zero-order chi connectivity index (χ0) is 13.9. The van der Waals surface area contributed by atoms with Gasteiger partial charge in [-0.15, -0.1) is 22.7 Å². The normalized spacial score (nSPS) is 16.9. The molecule has 1 aliphatic rings. The van der Waals surface area contributed by atoms with Crippen molar-refractivity contribution in [2.75, 3.05) is 26.2 Å². The lowest BCUT2D eigenvalue weighted by Gasteiger charge is -2.31. The molecule has 3 nitrogen and oxygen atoms in total.